The van der Waals surface area contributed by atoms with E-state index in [0.717, 1.165) is 12.3 Å². The van der Waals surface area contributed by atoms with Crippen molar-refractivity contribution in [2.24, 2.45) is 11.8 Å². The molecular formula is C9H15NO. The maximum Gasteiger partial charge on any atom is 0.0672 e. The second-order valence-electron chi connectivity index (χ2n) is 3.57. The standard InChI is InChI=1S/C9H15NO/c1-7(8-2-3-8)6-9(11)4-5-10/h7-9,11H,2-4,6H2,1H3. The number of aliphatic hydroxyl groups is 1. The Hall–Kier alpha value is -0.550. The van der Waals surface area contributed by atoms with E-state index < -0.39 is 6.10 Å². The van der Waals surface area contributed by atoms with Gasteiger partial charge >= 0.3 is 0 Å². The maximum absolute atomic E-state index is 9.27. The van der Waals surface area contributed by atoms with Crippen molar-refractivity contribution in [2.45, 2.75) is 38.7 Å². The lowest BCUT2D eigenvalue weighted by atomic mass is 9.97. The molecule has 1 aliphatic carbocycles. The van der Waals surface area contributed by atoms with Crippen LogP contribution in [-0.2, 0) is 0 Å². The molecule has 1 N–H and O–H groups in total. The molecule has 2 unspecified atom stereocenters. The van der Waals surface area contributed by atoms with Crippen LogP contribution in [0, 0.1) is 23.2 Å². The van der Waals surface area contributed by atoms with Crippen molar-refractivity contribution in [1.82, 2.24) is 0 Å². The van der Waals surface area contributed by atoms with Crippen molar-refractivity contribution in [2.75, 3.05) is 0 Å². The van der Waals surface area contributed by atoms with Crippen LogP contribution in [0.5, 0.6) is 0 Å². The summed E-state index contributed by atoms with van der Waals surface area (Å²) in [7, 11) is 0. The number of aliphatic hydroxyl groups excluding tert-OH is 1. The highest BCUT2D eigenvalue weighted by Crippen LogP contribution is 2.38. The van der Waals surface area contributed by atoms with Crippen molar-refractivity contribution < 1.29 is 5.11 Å². The highest BCUT2D eigenvalue weighted by atomic mass is 16.3. The average molecular weight is 153 g/mol. The van der Waals surface area contributed by atoms with Crippen molar-refractivity contribution in [3.63, 3.8) is 0 Å². The molecular weight excluding hydrogens is 138 g/mol. The zero-order valence-electron chi connectivity index (χ0n) is 6.95. The minimum atomic E-state index is -0.393. The van der Waals surface area contributed by atoms with Gasteiger partial charge in [-0.3, -0.25) is 0 Å². The van der Waals surface area contributed by atoms with Gasteiger partial charge in [-0.25, -0.2) is 0 Å². The van der Waals surface area contributed by atoms with Gasteiger partial charge in [0.25, 0.3) is 0 Å². The fraction of sp³-hybridized carbons (Fsp3) is 0.889. The van der Waals surface area contributed by atoms with Gasteiger partial charge in [0, 0.05) is 0 Å². The van der Waals surface area contributed by atoms with E-state index in [-0.39, 0.29) is 6.42 Å². The van der Waals surface area contributed by atoms with Gasteiger partial charge in [-0.15, -0.1) is 0 Å². The molecule has 1 rings (SSSR count). The fourth-order valence-corrected chi connectivity index (χ4v) is 1.48. The third-order valence-electron chi connectivity index (χ3n) is 2.40. The van der Waals surface area contributed by atoms with Crippen LogP contribution in [0.2, 0.25) is 0 Å². The predicted molar refractivity (Wildman–Crippen MR) is 42.7 cm³/mol. The minimum absolute atomic E-state index is 0.289. The molecule has 0 heterocycles. The summed E-state index contributed by atoms with van der Waals surface area (Å²) in [5.74, 6) is 1.45. The Bertz CT molecular complexity index is 157. The first kappa shape index (κ1) is 8.55. The number of hydrogen-bond donors (Lipinski definition) is 1. The van der Waals surface area contributed by atoms with Crippen molar-refractivity contribution in [3.8, 4) is 6.07 Å². The Morgan fingerprint density at radius 3 is 2.73 bits per heavy atom. The Labute approximate surface area is 67.8 Å². The molecule has 0 aromatic rings. The first-order chi connectivity index (χ1) is 5.24. The topological polar surface area (TPSA) is 44.0 Å². The van der Waals surface area contributed by atoms with Gasteiger partial charge in [-0.05, 0) is 31.1 Å². The number of hydrogen-bond acceptors (Lipinski definition) is 2. The molecule has 0 amide bonds. The van der Waals surface area contributed by atoms with Crippen molar-refractivity contribution in [1.29, 1.82) is 5.26 Å². The first-order valence-electron chi connectivity index (χ1n) is 4.29. The first-order valence-corrected chi connectivity index (χ1v) is 4.29. The second kappa shape index (κ2) is 3.73. The van der Waals surface area contributed by atoms with E-state index >= 15 is 0 Å². The normalized spacial score (nSPS) is 22.3. The molecule has 1 fully saturated rings. The number of nitrogens with zero attached hydrogens (tertiary/aromatic N) is 1. The van der Waals surface area contributed by atoms with Crippen LogP contribution in [0.25, 0.3) is 0 Å². The van der Waals surface area contributed by atoms with Crippen LogP contribution in [0.15, 0.2) is 0 Å². The fourth-order valence-electron chi connectivity index (χ4n) is 1.48. The summed E-state index contributed by atoms with van der Waals surface area (Å²) in [6.45, 7) is 2.16. The maximum atomic E-state index is 9.27. The molecule has 2 nitrogen and oxygen atoms in total. The van der Waals surface area contributed by atoms with E-state index in [1.54, 1.807) is 0 Å². The van der Waals surface area contributed by atoms with E-state index in [2.05, 4.69) is 6.92 Å². The molecule has 0 spiro atoms. The van der Waals surface area contributed by atoms with Gasteiger partial charge < -0.3 is 5.11 Å². The van der Waals surface area contributed by atoms with Gasteiger partial charge in [0.2, 0.25) is 0 Å². The average Bonchev–Trinajstić information content (AvgIpc) is 2.67. The highest BCUT2D eigenvalue weighted by molar-refractivity contribution is 4.83. The smallest absolute Gasteiger partial charge is 0.0672 e. The molecule has 1 aliphatic rings. The lowest BCUT2D eigenvalue weighted by molar-refractivity contribution is 0.145. The molecule has 1 saturated carbocycles. The highest BCUT2D eigenvalue weighted by Gasteiger charge is 2.28. The summed E-state index contributed by atoms with van der Waals surface area (Å²) in [4.78, 5) is 0. The van der Waals surface area contributed by atoms with Crippen LogP contribution in [0.3, 0.4) is 0 Å². The lowest BCUT2D eigenvalue weighted by Crippen LogP contribution is -2.11. The summed E-state index contributed by atoms with van der Waals surface area (Å²) in [5, 5.41) is 17.6. The zero-order chi connectivity index (χ0) is 8.27. The third kappa shape index (κ3) is 2.90. The van der Waals surface area contributed by atoms with E-state index in [9.17, 15) is 5.11 Å². The Morgan fingerprint density at radius 2 is 2.27 bits per heavy atom. The van der Waals surface area contributed by atoms with Gasteiger partial charge in [-0.2, -0.15) is 5.26 Å². The molecule has 0 aromatic heterocycles. The molecule has 0 aliphatic heterocycles. The summed E-state index contributed by atoms with van der Waals surface area (Å²) < 4.78 is 0. The molecule has 62 valence electrons. The van der Waals surface area contributed by atoms with Crippen LogP contribution < -0.4 is 0 Å². The SMILES string of the molecule is CC(CC(O)CC#N)C1CC1. The molecule has 0 aromatic carbocycles. The van der Waals surface area contributed by atoms with Crippen LogP contribution in [0.4, 0.5) is 0 Å². The second-order valence-corrected chi connectivity index (χ2v) is 3.57. The van der Waals surface area contributed by atoms with E-state index in [4.69, 9.17) is 5.26 Å². The molecule has 0 saturated heterocycles. The summed E-state index contributed by atoms with van der Waals surface area (Å²) >= 11 is 0. The van der Waals surface area contributed by atoms with Crippen LogP contribution in [0.1, 0.15) is 32.6 Å². The van der Waals surface area contributed by atoms with Crippen LogP contribution >= 0.6 is 0 Å². The minimum Gasteiger partial charge on any atom is -0.392 e. The van der Waals surface area contributed by atoms with Gasteiger partial charge in [0.1, 0.15) is 0 Å². The Kier molecular flexibility index (Phi) is 2.90. The van der Waals surface area contributed by atoms with Gasteiger partial charge in [-0.1, -0.05) is 6.92 Å². The predicted octanol–water partition coefficient (Wildman–Crippen LogP) is 1.70. The van der Waals surface area contributed by atoms with Crippen molar-refractivity contribution in [3.05, 3.63) is 0 Å². The third-order valence-corrected chi connectivity index (χ3v) is 2.40. The quantitative estimate of drug-likeness (QED) is 0.668. The monoisotopic (exact) mass is 153 g/mol. The van der Waals surface area contributed by atoms with Crippen LogP contribution in [-0.4, -0.2) is 11.2 Å². The van der Waals surface area contributed by atoms with Gasteiger partial charge in [0.05, 0.1) is 18.6 Å². The summed E-state index contributed by atoms with van der Waals surface area (Å²) in [6, 6.07) is 1.98. The molecule has 11 heavy (non-hydrogen) atoms. The molecule has 0 bridgehead atoms. The zero-order valence-corrected chi connectivity index (χ0v) is 6.95. The lowest BCUT2D eigenvalue weighted by Gasteiger charge is -2.12. The summed E-state index contributed by atoms with van der Waals surface area (Å²) in [6.07, 6.45) is 3.34. The number of nitriles is 1. The molecule has 2 atom stereocenters. The molecule has 2 heteroatoms. The summed E-state index contributed by atoms with van der Waals surface area (Å²) in [5.41, 5.74) is 0. The Balaban J connectivity index is 2.13. The van der Waals surface area contributed by atoms with Crippen molar-refractivity contribution >= 4 is 0 Å². The number of rotatable bonds is 4. The van der Waals surface area contributed by atoms with E-state index in [0.29, 0.717) is 5.92 Å². The van der Waals surface area contributed by atoms with Gasteiger partial charge in [0.15, 0.2) is 0 Å². The van der Waals surface area contributed by atoms with E-state index in [1.165, 1.54) is 12.8 Å². The molecule has 0 radical (unpaired) electrons. The Morgan fingerprint density at radius 1 is 1.64 bits per heavy atom. The van der Waals surface area contributed by atoms with E-state index in [1.807, 2.05) is 6.07 Å². The largest absolute Gasteiger partial charge is 0.392 e.